The van der Waals surface area contributed by atoms with Gasteiger partial charge in [-0.3, -0.25) is 0 Å². The highest BCUT2D eigenvalue weighted by Gasteiger charge is 2.18. The van der Waals surface area contributed by atoms with Crippen molar-refractivity contribution >= 4 is 0 Å². The number of hydrogen-bond donors (Lipinski definition) is 1. The Kier molecular flexibility index (Phi) is 7.82. The van der Waals surface area contributed by atoms with Gasteiger partial charge in [0.05, 0.1) is 0 Å². The second-order valence-corrected chi connectivity index (χ2v) is 5.40. The molecule has 0 aromatic rings. The normalized spacial score (nSPS) is 19.1. The zero-order chi connectivity index (χ0) is 12.5. The van der Waals surface area contributed by atoms with E-state index in [1.54, 1.807) is 0 Å². The van der Waals surface area contributed by atoms with Crippen molar-refractivity contribution < 1.29 is 4.74 Å². The van der Waals surface area contributed by atoms with Gasteiger partial charge in [-0.2, -0.15) is 0 Å². The molecule has 1 fully saturated rings. The van der Waals surface area contributed by atoms with Gasteiger partial charge in [-0.25, -0.2) is 0 Å². The SMILES string of the molecule is CCOCCCN1CCC(CNC(C)C)CC1. The summed E-state index contributed by atoms with van der Waals surface area (Å²) >= 11 is 0. The van der Waals surface area contributed by atoms with E-state index in [1.165, 1.54) is 45.4 Å². The number of nitrogens with zero attached hydrogens (tertiary/aromatic N) is 1. The molecular weight excluding hydrogens is 212 g/mol. The molecule has 1 saturated heterocycles. The molecule has 3 nitrogen and oxygen atoms in total. The highest BCUT2D eigenvalue weighted by atomic mass is 16.5. The highest BCUT2D eigenvalue weighted by molar-refractivity contribution is 4.74. The van der Waals surface area contributed by atoms with Crippen molar-refractivity contribution in [2.24, 2.45) is 5.92 Å². The molecule has 0 radical (unpaired) electrons. The monoisotopic (exact) mass is 242 g/mol. The summed E-state index contributed by atoms with van der Waals surface area (Å²) in [6.07, 6.45) is 3.89. The second-order valence-electron chi connectivity index (χ2n) is 5.40. The number of piperidine rings is 1. The standard InChI is InChI=1S/C14H30N2O/c1-4-17-11-5-8-16-9-6-14(7-10-16)12-15-13(2)3/h13-15H,4-12H2,1-3H3. The first-order chi connectivity index (χ1) is 8.22. The van der Waals surface area contributed by atoms with Gasteiger partial charge in [-0.05, 0) is 51.7 Å². The van der Waals surface area contributed by atoms with Gasteiger partial charge in [0.25, 0.3) is 0 Å². The van der Waals surface area contributed by atoms with Crippen molar-refractivity contribution in [1.82, 2.24) is 10.2 Å². The van der Waals surface area contributed by atoms with Crippen LogP contribution in [-0.4, -0.2) is 50.3 Å². The van der Waals surface area contributed by atoms with E-state index in [9.17, 15) is 0 Å². The molecule has 17 heavy (non-hydrogen) atoms. The van der Waals surface area contributed by atoms with Crippen molar-refractivity contribution in [3.8, 4) is 0 Å². The number of likely N-dealkylation sites (tertiary alicyclic amines) is 1. The van der Waals surface area contributed by atoms with Crippen LogP contribution in [0.1, 0.15) is 40.0 Å². The number of hydrogen-bond acceptors (Lipinski definition) is 3. The molecule has 1 N–H and O–H groups in total. The van der Waals surface area contributed by atoms with Crippen molar-refractivity contribution in [3.05, 3.63) is 0 Å². The van der Waals surface area contributed by atoms with E-state index in [1.807, 2.05) is 0 Å². The third kappa shape index (κ3) is 7.02. The van der Waals surface area contributed by atoms with Gasteiger partial charge in [0, 0.05) is 25.8 Å². The molecule has 0 spiro atoms. The first-order valence-corrected chi connectivity index (χ1v) is 7.25. The summed E-state index contributed by atoms with van der Waals surface area (Å²) in [6, 6.07) is 0.624. The predicted molar refractivity (Wildman–Crippen MR) is 73.4 cm³/mol. The smallest absolute Gasteiger partial charge is 0.0478 e. The van der Waals surface area contributed by atoms with Crippen molar-refractivity contribution in [1.29, 1.82) is 0 Å². The summed E-state index contributed by atoms with van der Waals surface area (Å²) in [6.45, 7) is 13.2. The molecule has 0 aromatic carbocycles. The largest absolute Gasteiger partial charge is 0.382 e. The van der Waals surface area contributed by atoms with Gasteiger partial charge >= 0.3 is 0 Å². The maximum atomic E-state index is 5.37. The molecule has 1 rings (SSSR count). The maximum Gasteiger partial charge on any atom is 0.0478 e. The quantitative estimate of drug-likeness (QED) is 0.660. The fourth-order valence-electron chi connectivity index (χ4n) is 2.35. The third-order valence-electron chi connectivity index (χ3n) is 3.49. The first-order valence-electron chi connectivity index (χ1n) is 7.25. The maximum absolute atomic E-state index is 5.37. The Morgan fingerprint density at radius 1 is 1.29 bits per heavy atom. The second kappa shape index (κ2) is 8.90. The van der Waals surface area contributed by atoms with Crippen LogP contribution < -0.4 is 5.32 Å². The van der Waals surface area contributed by atoms with E-state index < -0.39 is 0 Å². The molecule has 0 atom stereocenters. The van der Waals surface area contributed by atoms with Crippen LogP contribution in [0, 0.1) is 5.92 Å². The van der Waals surface area contributed by atoms with E-state index in [0.717, 1.165) is 19.1 Å². The van der Waals surface area contributed by atoms with Gasteiger partial charge in [0.15, 0.2) is 0 Å². The lowest BCUT2D eigenvalue weighted by Crippen LogP contribution is -2.39. The summed E-state index contributed by atoms with van der Waals surface area (Å²) in [7, 11) is 0. The molecule has 0 bridgehead atoms. The lowest BCUT2D eigenvalue weighted by molar-refractivity contribution is 0.120. The molecule has 0 unspecified atom stereocenters. The average molecular weight is 242 g/mol. The summed E-state index contributed by atoms with van der Waals surface area (Å²) < 4.78 is 5.37. The van der Waals surface area contributed by atoms with Crippen LogP contribution in [0.25, 0.3) is 0 Å². The lowest BCUT2D eigenvalue weighted by atomic mass is 9.96. The van der Waals surface area contributed by atoms with Gasteiger partial charge in [0.1, 0.15) is 0 Å². The molecule has 0 aliphatic carbocycles. The molecule has 0 saturated carbocycles. The van der Waals surface area contributed by atoms with Gasteiger partial charge in [-0.15, -0.1) is 0 Å². The molecule has 1 aliphatic rings. The van der Waals surface area contributed by atoms with Crippen LogP contribution in [-0.2, 0) is 4.74 Å². The Hall–Kier alpha value is -0.120. The van der Waals surface area contributed by atoms with Gasteiger partial charge in [0.2, 0.25) is 0 Å². The van der Waals surface area contributed by atoms with Crippen LogP contribution in [0.4, 0.5) is 0 Å². The zero-order valence-electron chi connectivity index (χ0n) is 11.9. The number of nitrogens with one attached hydrogen (secondary N) is 1. The van der Waals surface area contributed by atoms with Gasteiger partial charge in [-0.1, -0.05) is 13.8 Å². The summed E-state index contributed by atoms with van der Waals surface area (Å²) in [5.41, 5.74) is 0. The average Bonchev–Trinajstić information content (AvgIpc) is 2.33. The fourth-order valence-corrected chi connectivity index (χ4v) is 2.35. The van der Waals surface area contributed by atoms with Crippen LogP contribution in [0.5, 0.6) is 0 Å². The molecule has 102 valence electrons. The molecule has 1 aliphatic heterocycles. The third-order valence-corrected chi connectivity index (χ3v) is 3.49. The Labute approximate surface area is 107 Å². The number of ether oxygens (including phenoxy) is 1. The Morgan fingerprint density at radius 3 is 2.59 bits per heavy atom. The summed E-state index contributed by atoms with van der Waals surface area (Å²) in [4.78, 5) is 2.59. The first kappa shape index (κ1) is 14.9. The summed E-state index contributed by atoms with van der Waals surface area (Å²) in [5.74, 6) is 0.889. The van der Waals surface area contributed by atoms with E-state index in [2.05, 4.69) is 31.0 Å². The molecular formula is C14H30N2O. The van der Waals surface area contributed by atoms with Crippen molar-refractivity contribution in [3.63, 3.8) is 0 Å². The van der Waals surface area contributed by atoms with Crippen LogP contribution >= 0.6 is 0 Å². The van der Waals surface area contributed by atoms with Crippen LogP contribution in [0.2, 0.25) is 0 Å². The highest BCUT2D eigenvalue weighted by Crippen LogP contribution is 2.16. The van der Waals surface area contributed by atoms with Crippen molar-refractivity contribution in [2.75, 3.05) is 39.4 Å². The molecule has 0 aromatic heterocycles. The fraction of sp³-hybridized carbons (Fsp3) is 1.00. The Bertz CT molecular complexity index is 177. The summed E-state index contributed by atoms with van der Waals surface area (Å²) in [5, 5.41) is 3.55. The Balaban J connectivity index is 2.01. The van der Waals surface area contributed by atoms with E-state index >= 15 is 0 Å². The van der Waals surface area contributed by atoms with Crippen LogP contribution in [0.3, 0.4) is 0 Å². The van der Waals surface area contributed by atoms with E-state index in [0.29, 0.717) is 6.04 Å². The molecule has 0 amide bonds. The minimum Gasteiger partial charge on any atom is -0.382 e. The lowest BCUT2D eigenvalue weighted by Gasteiger charge is -2.32. The van der Waals surface area contributed by atoms with E-state index in [-0.39, 0.29) is 0 Å². The minimum absolute atomic E-state index is 0.624. The topological polar surface area (TPSA) is 24.5 Å². The van der Waals surface area contributed by atoms with Crippen LogP contribution in [0.15, 0.2) is 0 Å². The molecule has 3 heteroatoms. The van der Waals surface area contributed by atoms with E-state index in [4.69, 9.17) is 4.74 Å². The van der Waals surface area contributed by atoms with Crippen molar-refractivity contribution in [2.45, 2.75) is 46.1 Å². The number of rotatable bonds is 8. The Morgan fingerprint density at radius 2 is 2.00 bits per heavy atom. The van der Waals surface area contributed by atoms with Gasteiger partial charge < -0.3 is 15.0 Å². The minimum atomic E-state index is 0.624. The molecule has 1 heterocycles. The predicted octanol–water partition coefficient (Wildman–Crippen LogP) is 2.12. The zero-order valence-corrected chi connectivity index (χ0v) is 11.9.